The van der Waals surface area contributed by atoms with Crippen LogP contribution in [0.1, 0.15) is 41.2 Å². The van der Waals surface area contributed by atoms with E-state index in [0.717, 1.165) is 33.2 Å². The van der Waals surface area contributed by atoms with Crippen LogP contribution < -0.4 is 0 Å². The SMILES string of the molecule is Cc1ccc(-c2cn3c4c(sc3n2)C(=O)CC(C)(C)C4)cc1. The van der Waals surface area contributed by atoms with E-state index in [1.807, 2.05) is 0 Å². The molecule has 2 aromatic heterocycles. The highest BCUT2D eigenvalue weighted by molar-refractivity contribution is 7.19. The highest BCUT2D eigenvalue weighted by Crippen LogP contribution is 2.39. The van der Waals surface area contributed by atoms with E-state index >= 15 is 0 Å². The van der Waals surface area contributed by atoms with E-state index in [1.165, 1.54) is 16.9 Å². The van der Waals surface area contributed by atoms with Crippen molar-refractivity contribution < 1.29 is 4.79 Å². The fraction of sp³-hybridized carbons (Fsp3) is 0.333. The fourth-order valence-electron chi connectivity index (χ4n) is 3.17. The lowest BCUT2D eigenvalue weighted by Crippen LogP contribution is -2.26. The van der Waals surface area contributed by atoms with Crippen molar-refractivity contribution in [2.75, 3.05) is 0 Å². The van der Waals surface area contributed by atoms with Crippen LogP contribution in [0, 0.1) is 12.3 Å². The Balaban J connectivity index is 1.85. The summed E-state index contributed by atoms with van der Waals surface area (Å²) in [6.45, 7) is 6.41. The van der Waals surface area contributed by atoms with Gasteiger partial charge in [0, 0.05) is 23.9 Å². The largest absolute Gasteiger partial charge is 0.293 e. The molecule has 1 aliphatic rings. The summed E-state index contributed by atoms with van der Waals surface area (Å²) in [4.78, 5) is 18.9. The smallest absolute Gasteiger partial charge is 0.195 e. The van der Waals surface area contributed by atoms with Crippen LogP contribution >= 0.6 is 11.3 Å². The molecule has 0 bridgehead atoms. The van der Waals surface area contributed by atoms with Crippen LogP contribution in [0.5, 0.6) is 0 Å². The fourth-order valence-corrected chi connectivity index (χ4v) is 4.23. The van der Waals surface area contributed by atoms with Crippen molar-refractivity contribution in [2.45, 2.75) is 33.6 Å². The topological polar surface area (TPSA) is 34.4 Å². The molecule has 22 heavy (non-hydrogen) atoms. The number of thiazole rings is 1. The van der Waals surface area contributed by atoms with Gasteiger partial charge in [-0.05, 0) is 18.8 Å². The molecule has 0 aliphatic heterocycles. The van der Waals surface area contributed by atoms with Crippen LogP contribution in [0.15, 0.2) is 30.5 Å². The monoisotopic (exact) mass is 310 g/mol. The van der Waals surface area contributed by atoms with Crippen molar-refractivity contribution in [1.29, 1.82) is 0 Å². The molecule has 0 unspecified atom stereocenters. The van der Waals surface area contributed by atoms with Crippen LogP contribution in [0.4, 0.5) is 0 Å². The van der Waals surface area contributed by atoms with Crippen LogP contribution in [-0.4, -0.2) is 15.2 Å². The minimum Gasteiger partial charge on any atom is -0.293 e. The molecule has 0 spiro atoms. The van der Waals surface area contributed by atoms with Crippen molar-refractivity contribution in [3.05, 3.63) is 46.6 Å². The summed E-state index contributed by atoms with van der Waals surface area (Å²) >= 11 is 1.53. The number of benzene rings is 1. The number of aryl methyl sites for hydroxylation is 1. The Morgan fingerprint density at radius 1 is 1.18 bits per heavy atom. The first-order chi connectivity index (χ1) is 10.4. The summed E-state index contributed by atoms with van der Waals surface area (Å²) in [7, 11) is 0. The predicted molar refractivity (Wildman–Crippen MR) is 89.7 cm³/mol. The molecular weight excluding hydrogens is 292 g/mol. The van der Waals surface area contributed by atoms with Gasteiger partial charge in [-0.25, -0.2) is 4.98 Å². The molecular formula is C18H18N2OS. The van der Waals surface area contributed by atoms with Gasteiger partial charge in [-0.2, -0.15) is 0 Å². The number of rotatable bonds is 1. The number of ketones is 1. The van der Waals surface area contributed by atoms with E-state index in [9.17, 15) is 4.79 Å². The van der Waals surface area contributed by atoms with E-state index in [2.05, 4.69) is 55.6 Å². The lowest BCUT2D eigenvalue weighted by atomic mass is 9.78. The highest BCUT2D eigenvalue weighted by Gasteiger charge is 2.34. The van der Waals surface area contributed by atoms with Gasteiger partial charge in [-0.15, -0.1) is 0 Å². The zero-order chi connectivity index (χ0) is 15.5. The molecule has 0 saturated carbocycles. The van der Waals surface area contributed by atoms with E-state index in [4.69, 9.17) is 4.98 Å². The Kier molecular flexibility index (Phi) is 2.82. The van der Waals surface area contributed by atoms with Crippen molar-refractivity contribution in [3.8, 4) is 11.3 Å². The molecule has 0 N–H and O–H groups in total. The molecule has 0 atom stereocenters. The van der Waals surface area contributed by atoms with Crippen molar-refractivity contribution in [2.24, 2.45) is 5.41 Å². The highest BCUT2D eigenvalue weighted by atomic mass is 32.1. The molecule has 1 aliphatic carbocycles. The summed E-state index contributed by atoms with van der Waals surface area (Å²) in [5, 5.41) is 0. The Bertz CT molecular complexity index is 884. The standard InChI is InChI=1S/C18H18N2OS/c1-11-4-6-12(7-5-11)13-10-20-14-8-18(2,3)9-15(21)16(14)22-17(20)19-13/h4-7,10H,8-9H2,1-3H3. The number of aromatic nitrogens is 2. The van der Waals surface area contributed by atoms with Gasteiger partial charge in [-0.3, -0.25) is 9.20 Å². The number of Topliss-reactive ketones (excluding diaryl/α,β-unsaturated/α-hetero) is 1. The molecule has 2 heterocycles. The lowest BCUT2D eigenvalue weighted by molar-refractivity contribution is 0.0915. The van der Waals surface area contributed by atoms with E-state index in [0.29, 0.717) is 6.42 Å². The van der Waals surface area contributed by atoms with Gasteiger partial charge in [0.15, 0.2) is 10.7 Å². The van der Waals surface area contributed by atoms with Gasteiger partial charge in [0.2, 0.25) is 0 Å². The van der Waals surface area contributed by atoms with Crippen LogP contribution in [0.2, 0.25) is 0 Å². The third-order valence-corrected chi connectivity index (χ3v) is 5.44. The summed E-state index contributed by atoms with van der Waals surface area (Å²) in [6.07, 6.45) is 3.64. The number of fused-ring (bicyclic) bond motifs is 3. The van der Waals surface area contributed by atoms with Crippen LogP contribution in [0.25, 0.3) is 16.2 Å². The number of imidazole rings is 1. The summed E-state index contributed by atoms with van der Waals surface area (Å²) in [5.74, 6) is 0.263. The van der Waals surface area contributed by atoms with Crippen LogP contribution in [0.3, 0.4) is 0 Å². The van der Waals surface area contributed by atoms with Gasteiger partial charge in [0.25, 0.3) is 0 Å². The third kappa shape index (κ3) is 2.10. The maximum absolute atomic E-state index is 12.3. The van der Waals surface area contributed by atoms with Crippen LogP contribution in [-0.2, 0) is 6.42 Å². The van der Waals surface area contributed by atoms with Gasteiger partial charge < -0.3 is 0 Å². The first kappa shape index (κ1) is 13.7. The molecule has 112 valence electrons. The maximum Gasteiger partial charge on any atom is 0.195 e. The zero-order valence-electron chi connectivity index (χ0n) is 13.0. The minimum atomic E-state index is 0.0341. The molecule has 4 rings (SSSR count). The quantitative estimate of drug-likeness (QED) is 0.662. The first-order valence-electron chi connectivity index (χ1n) is 7.54. The first-order valence-corrected chi connectivity index (χ1v) is 8.36. The van der Waals surface area contributed by atoms with Gasteiger partial charge in [-0.1, -0.05) is 55.0 Å². The Hall–Kier alpha value is -1.94. The number of hydrogen-bond donors (Lipinski definition) is 0. The normalized spacial score (nSPS) is 17.0. The predicted octanol–water partition coefficient (Wildman–Crippen LogP) is 4.53. The van der Waals surface area contributed by atoms with Crippen molar-refractivity contribution in [1.82, 2.24) is 9.38 Å². The van der Waals surface area contributed by atoms with Crippen molar-refractivity contribution in [3.63, 3.8) is 0 Å². The second-order valence-electron chi connectivity index (χ2n) is 6.96. The maximum atomic E-state index is 12.3. The molecule has 0 amide bonds. The molecule has 4 heteroatoms. The molecule has 0 saturated heterocycles. The van der Waals surface area contributed by atoms with Gasteiger partial charge in [0.05, 0.1) is 10.6 Å². The van der Waals surface area contributed by atoms with E-state index < -0.39 is 0 Å². The molecule has 0 fully saturated rings. The number of hydrogen-bond acceptors (Lipinski definition) is 3. The van der Waals surface area contributed by atoms with Gasteiger partial charge >= 0.3 is 0 Å². The second-order valence-corrected chi connectivity index (χ2v) is 7.94. The Morgan fingerprint density at radius 3 is 2.64 bits per heavy atom. The number of carbonyl (C=O) groups is 1. The second kappa shape index (κ2) is 4.53. The number of carbonyl (C=O) groups excluding carboxylic acids is 1. The minimum absolute atomic E-state index is 0.0341. The summed E-state index contributed by atoms with van der Waals surface area (Å²) < 4.78 is 2.12. The molecule has 1 aromatic carbocycles. The molecule has 3 nitrogen and oxygen atoms in total. The Morgan fingerprint density at radius 2 is 1.91 bits per heavy atom. The zero-order valence-corrected chi connectivity index (χ0v) is 13.8. The van der Waals surface area contributed by atoms with Crippen molar-refractivity contribution >= 4 is 22.1 Å². The number of nitrogens with zero attached hydrogens (tertiary/aromatic N) is 2. The van der Waals surface area contributed by atoms with Gasteiger partial charge in [0.1, 0.15) is 0 Å². The third-order valence-electron chi connectivity index (χ3n) is 4.31. The summed E-state index contributed by atoms with van der Waals surface area (Å²) in [6, 6.07) is 8.41. The van der Waals surface area contributed by atoms with E-state index in [-0.39, 0.29) is 11.2 Å². The summed E-state index contributed by atoms with van der Waals surface area (Å²) in [5.41, 5.74) is 4.51. The lowest BCUT2D eigenvalue weighted by Gasteiger charge is -2.27. The average molecular weight is 310 g/mol. The molecule has 0 radical (unpaired) electrons. The van der Waals surface area contributed by atoms with E-state index in [1.54, 1.807) is 0 Å². The molecule has 3 aromatic rings. The Labute approximate surface area is 133 Å². The average Bonchev–Trinajstić information content (AvgIpc) is 2.98.